The van der Waals surface area contributed by atoms with Crippen LogP contribution in [0.4, 0.5) is 8.78 Å². The highest BCUT2D eigenvalue weighted by atomic mass is 32.1. The number of aryl methyl sites for hydroxylation is 1. The van der Waals surface area contributed by atoms with Crippen LogP contribution in [0.5, 0.6) is 5.75 Å². The Kier molecular flexibility index (Phi) is 7.79. The number of benzene rings is 2. The molecule has 0 radical (unpaired) electrons. The number of amides is 1. The van der Waals surface area contributed by atoms with Crippen molar-refractivity contribution in [2.75, 3.05) is 33.8 Å². The van der Waals surface area contributed by atoms with Gasteiger partial charge in [-0.3, -0.25) is 4.79 Å². The molecule has 0 bridgehead atoms. The van der Waals surface area contributed by atoms with E-state index in [1.165, 1.54) is 36.3 Å². The van der Waals surface area contributed by atoms with E-state index in [0.29, 0.717) is 35.7 Å². The average molecular weight is 511 g/mol. The number of methoxy groups -OCH3 is 1. The molecular formula is C27H28F2N4O2S. The molecule has 0 atom stereocenters. The second kappa shape index (κ2) is 11.0. The number of amidine groups is 1. The van der Waals surface area contributed by atoms with Gasteiger partial charge in [-0.2, -0.15) is 0 Å². The summed E-state index contributed by atoms with van der Waals surface area (Å²) in [5, 5.41) is 1.05. The average Bonchev–Trinajstić information content (AvgIpc) is 3.10. The van der Waals surface area contributed by atoms with Gasteiger partial charge in [0, 0.05) is 49.0 Å². The molecule has 6 nitrogen and oxygen atoms in total. The fraction of sp³-hybridized carbons (Fsp3) is 0.296. The molecule has 0 spiro atoms. The number of thiazole rings is 1. The Morgan fingerprint density at radius 2 is 1.86 bits per heavy atom. The van der Waals surface area contributed by atoms with Crippen molar-refractivity contribution in [3.63, 3.8) is 0 Å². The zero-order valence-corrected chi connectivity index (χ0v) is 21.4. The second-order valence-electron chi connectivity index (χ2n) is 8.58. The maximum atomic E-state index is 13.9. The van der Waals surface area contributed by atoms with Gasteiger partial charge < -0.3 is 14.5 Å². The first-order chi connectivity index (χ1) is 17.2. The minimum Gasteiger partial charge on any atom is -0.494 e. The van der Waals surface area contributed by atoms with Crippen molar-refractivity contribution in [3.8, 4) is 5.75 Å². The van der Waals surface area contributed by atoms with E-state index >= 15 is 0 Å². The number of carbonyl (C=O) groups excluding carboxylic acids is 1. The highest BCUT2D eigenvalue weighted by molar-refractivity contribution is 7.11. The summed E-state index contributed by atoms with van der Waals surface area (Å²) in [5.74, 6) is -0.373. The molecule has 1 amide bonds. The molecule has 4 rings (SSSR count). The first-order valence-electron chi connectivity index (χ1n) is 11.6. The van der Waals surface area contributed by atoms with Gasteiger partial charge in [-0.1, -0.05) is 6.58 Å². The minimum atomic E-state index is -0.489. The van der Waals surface area contributed by atoms with Crippen LogP contribution in [0.25, 0.3) is 5.70 Å². The fourth-order valence-corrected chi connectivity index (χ4v) is 5.09. The summed E-state index contributed by atoms with van der Waals surface area (Å²) in [6, 6.07) is 10.2. The van der Waals surface area contributed by atoms with Gasteiger partial charge in [0.25, 0.3) is 0 Å². The monoisotopic (exact) mass is 510 g/mol. The third kappa shape index (κ3) is 5.79. The van der Waals surface area contributed by atoms with Crippen LogP contribution in [-0.4, -0.2) is 60.3 Å². The normalized spacial score (nSPS) is 13.7. The first kappa shape index (κ1) is 25.5. The Balaban J connectivity index is 1.55. The van der Waals surface area contributed by atoms with Crippen molar-refractivity contribution >= 4 is 28.8 Å². The number of aliphatic imine (C=N–C) groups is 1. The minimum absolute atomic E-state index is 0.0340. The van der Waals surface area contributed by atoms with Crippen LogP contribution in [0.1, 0.15) is 26.7 Å². The van der Waals surface area contributed by atoms with Gasteiger partial charge in [0.1, 0.15) is 11.7 Å². The smallest absolute Gasteiger partial charge is 0.242 e. The summed E-state index contributed by atoms with van der Waals surface area (Å²) in [7, 11) is 3.15. The number of halogens is 2. The highest BCUT2D eigenvalue weighted by Gasteiger charge is 2.23. The van der Waals surface area contributed by atoms with Gasteiger partial charge in [0.05, 0.1) is 30.1 Å². The zero-order chi connectivity index (χ0) is 25.8. The van der Waals surface area contributed by atoms with Gasteiger partial charge >= 0.3 is 0 Å². The molecule has 2 heterocycles. The SMILES string of the molecule is C=C(N=C(c1ccc(F)cc1)N(C)CC(=O)N1CCc2nc(C)sc2CC1)c1ccc(F)c(OC)c1. The van der Waals surface area contributed by atoms with E-state index in [1.54, 1.807) is 41.5 Å². The molecule has 1 aromatic heterocycles. The lowest BCUT2D eigenvalue weighted by Gasteiger charge is -2.26. The second-order valence-corrected chi connectivity index (χ2v) is 9.87. The van der Waals surface area contributed by atoms with Crippen LogP contribution in [0, 0.1) is 18.6 Å². The maximum Gasteiger partial charge on any atom is 0.242 e. The van der Waals surface area contributed by atoms with Crippen LogP contribution < -0.4 is 4.74 Å². The predicted octanol–water partition coefficient (Wildman–Crippen LogP) is 4.72. The van der Waals surface area contributed by atoms with E-state index in [9.17, 15) is 13.6 Å². The molecule has 36 heavy (non-hydrogen) atoms. The van der Waals surface area contributed by atoms with E-state index in [-0.39, 0.29) is 24.0 Å². The molecule has 9 heteroatoms. The maximum absolute atomic E-state index is 13.9. The Bertz CT molecular complexity index is 1280. The lowest BCUT2D eigenvalue weighted by molar-refractivity contribution is -0.131. The van der Waals surface area contributed by atoms with Crippen LogP contribution in [0.3, 0.4) is 0 Å². The number of rotatable bonds is 6. The van der Waals surface area contributed by atoms with E-state index in [4.69, 9.17) is 4.74 Å². The predicted molar refractivity (Wildman–Crippen MR) is 138 cm³/mol. The number of likely N-dealkylation sites (N-methyl/N-ethyl adjacent to an activating group) is 1. The third-order valence-electron chi connectivity index (χ3n) is 6.03. The van der Waals surface area contributed by atoms with Gasteiger partial charge in [-0.15, -0.1) is 11.3 Å². The van der Waals surface area contributed by atoms with Crippen molar-refractivity contribution < 1.29 is 18.3 Å². The van der Waals surface area contributed by atoms with Crippen molar-refractivity contribution in [2.45, 2.75) is 19.8 Å². The van der Waals surface area contributed by atoms with Crippen LogP contribution in [-0.2, 0) is 17.6 Å². The van der Waals surface area contributed by atoms with Crippen LogP contribution >= 0.6 is 11.3 Å². The van der Waals surface area contributed by atoms with Gasteiger partial charge in [0.2, 0.25) is 5.91 Å². The topological polar surface area (TPSA) is 58.0 Å². The van der Waals surface area contributed by atoms with Gasteiger partial charge in [0.15, 0.2) is 11.6 Å². The summed E-state index contributed by atoms with van der Waals surface area (Å²) in [5.41, 5.74) is 2.63. The molecule has 188 valence electrons. The quantitative estimate of drug-likeness (QED) is 0.356. The molecule has 1 aliphatic rings. The first-order valence-corrected chi connectivity index (χ1v) is 12.4. The number of carbonyl (C=O) groups is 1. The largest absolute Gasteiger partial charge is 0.494 e. The Hall–Kier alpha value is -3.59. The lowest BCUT2D eigenvalue weighted by atomic mass is 10.1. The van der Waals surface area contributed by atoms with E-state index in [1.807, 2.05) is 11.8 Å². The molecular weight excluding hydrogens is 482 g/mol. The summed E-state index contributed by atoms with van der Waals surface area (Å²) < 4.78 is 32.6. The molecule has 0 saturated heterocycles. The number of nitrogens with zero attached hydrogens (tertiary/aromatic N) is 4. The summed E-state index contributed by atoms with van der Waals surface area (Å²) in [6.45, 7) is 7.35. The van der Waals surface area contributed by atoms with E-state index in [2.05, 4.69) is 16.6 Å². The van der Waals surface area contributed by atoms with Gasteiger partial charge in [-0.05, 0) is 49.4 Å². The highest BCUT2D eigenvalue weighted by Crippen LogP contribution is 2.25. The number of fused-ring (bicyclic) bond motifs is 1. The van der Waals surface area contributed by atoms with Crippen LogP contribution in [0.2, 0.25) is 0 Å². The lowest BCUT2D eigenvalue weighted by Crippen LogP contribution is -2.42. The Labute approximate surface area is 213 Å². The standard InChI is InChI=1S/C27H28F2N4O2S/c1-17(20-7-10-22(29)24(15-20)35-4)30-27(19-5-8-21(28)9-6-19)32(3)16-26(34)33-13-11-23-25(12-14-33)36-18(2)31-23/h5-10,15H,1,11-14,16H2,2-4H3. The number of aromatic nitrogens is 1. The van der Waals surface area contributed by atoms with Crippen molar-refractivity contribution in [1.82, 2.24) is 14.8 Å². The fourth-order valence-electron chi connectivity index (χ4n) is 4.12. The van der Waals surface area contributed by atoms with Crippen LogP contribution in [0.15, 0.2) is 54.0 Å². The number of hydrogen-bond donors (Lipinski definition) is 0. The summed E-state index contributed by atoms with van der Waals surface area (Å²) >= 11 is 1.69. The van der Waals surface area contributed by atoms with Crippen molar-refractivity contribution in [1.29, 1.82) is 0 Å². The molecule has 0 N–H and O–H groups in total. The van der Waals surface area contributed by atoms with E-state index in [0.717, 1.165) is 23.5 Å². The van der Waals surface area contributed by atoms with Crippen molar-refractivity contribution in [3.05, 3.63) is 87.4 Å². The molecule has 0 unspecified atom stereocenters. The molecule has 0 saturated carbocycles. The summed E-state index contributed by atoms with van der Waals surface area (Å²) in [4.78, 5) is 27.3. The molecule has 1 aliphatic heterocycles. The Morgan fingerprint density at radius 3 is 2.58 bits per heavy atom. The van der Waals surface area contributed by atoms with Gasteiger partial charge in [-0.25, -0.2) is 18.8 Å². The number of ether oxygens (including phenoxy) is 1. The van der Waals surface area contributed by atoms with E-state index < -0.39 is 5.82 Å². The molecule has 2 aromatic carbocycles. The van der Waals surface area contributed by atoms with Crippen molar-refractivity contribution in [2.24, 2.45) is 4.99 Å². The number of hydrogen-bond acceptors (Lipinski definition) is 5. The molecule has 0 fully saturated rings. The molecule has 0 aliphatic carbocycles. The zero-order valence-electron chi connectivity index (χ0n) is 20.6. The Morgan fingerprint density at radius 1 is 1.17 bits per heavy atom. The third-order valence-corrected chi connectivity index (χ3v) is 7.10. The molecule has 3 aromatic rings. The summed E-state index contributed by atoms with van der Waals surface area (Å²) in [6.07, 6.45) is 1.52.